The van der Waals surface area contributed by atoms with E-state index in [1.54, 1.807) is 42.1 Å². The number of fused-ring (bicyclic) bond motifs is 1. The molecular weight excluding hydrogens is 448 g/mol. The minimum Gasteiger partial charge on any atom is -0.484 e. The third kappa shape index (κ3) is 6.96. The van der Waals surface area contributed by atoms with Gasteiger partial charge in [0.15, 0.2) is 11.7 Å². The molecule has 1 heterocycles. The predicted octanol–water partition coefficient (Wildman–Crippen LogP) is 3.51. The number of thioether (sulfide) groups is 1. The topological polar surface area (TPSA) is 109 Å². The van der Waals surface area contributed by atoms with E-state index >= 15 is 0 Å². The molecule has 168 valence electrons. The highest BCUT2D eigenvalue weighted by atomic mass is 32.2. The molecule has 0 bridgehead atoms. The van der Waals surface area contributed by atoms with Crippen LogP contribution in [0.5, 0.6) is 5.75 Å². The molecule has 1 unspecified atom stereocenters. The summed E-state index contributed by atoms with van der Waals surface area (Å²) in [5.41, 5.74) is 1.31. The van der Waals surface area contributed by atoms with Crippen LogP contribution in [0.1, 0.15) is 13.3 Å². The maximum absolute atomic E-state index is 12.9. The lowest BCUT2D eigenvalue weighted by atomic mass is 10.2. The van der Waals surface area contributed by atoms with E-state index < -0.39 is 6.04 Å². The number of para-hydroxylation sites is 1. The highest BCUT2D eigenvalue weighted by Gasteiger charge is 2.21. The van der Waals surface area contributed by atoms with Crippen molar-refractivity contribution in [2.24, 2.45) is 0 Å². The van der Waals surface area contributed by atoms with Crippen molar-refractivity contribution in [2.45, 2.75) is 19.4 Å². The van der Waals surface area contributed by atoms with Gasteiger partial charge in [-0.2, -0.15) is 11.8 Å². The third-order valence-corrected chi connectivity index (χ3v) is 5.89. The number of thiazole rings is 1. The maximum atomic E-state index is 12.9. The molecular formula is C22H24N4O4S2. The second-order valence-corrected chi connectivity index (χ2v) is 8.89. The molecule has 3 N–H and O–H groups in total. The smallest absolute Gasteiger partial charge is 0.258 e. The zero-order valence-corrected chi connectivity index (χ0v) is 19.3. The maximum Gasteiger partial charge on any atom is 0.258 e. The van der Waals surface area contributed by atoms with Crippen molar-refractivity contribution < 1.29 is 19.1 Å². The van der Waals surface area contributed by atoms with E-state index in [2.05, 4.69) is 20.9 Å². The van der Waals surface area contributed by atoms with Gasteiger partial charge in [0.2, 0.25) is 11.8 Å². The Kier molecular flexibility index (Phi) is 8.46. The average molecular weight is 473 g/mol. The number of anilines is 2. The molecule has 0 spiro atoms. The minimum atomic E-state index is -0.693. The number of nitrogens with one attached hydrogen (secondary N) is 3. The Labute approximate surface area is 194 Å². The van der Waals surface area contributed by atoms with Crippen LogP contribution in [0.2, 0.25) is 0 Å². The van der Waals surface area contributed by atoms with E-state index in [0.29, 0.717) is 28.7 Å². The molecule has 8 nitrogen and oxygen atoms in total. The first-order valence-corrected chi connectivity index (χ1v) is 12.1. The molecule has 0 aliphatic heterocycles. The molecule has 0 fully saturated rings. The fraction of sp³-hybridized carbons (Fsp3) is 0.273. The van der Waals surface area contributed by atoms with Gasteiger partial charge >= 0.3 is 0 Å². The van der Waals surface area contributed by atoms with Gasteiger partial charge < -0.3 is 20.7 Å². The van der Waals surface area contributed by atoms with Crippen molar-refractivity contribution in [3.8, 4) is 5.75 Å². The Hall–Kier alpha value is -3.11. The molecule has 0 saturated carbocycles. The van der Waals surface area contributed by atoms with Crippen LogP contribution in [0, 0.1) is 0 Å². The largest absolute Gasteiger partial charge is 0.484 e. The van der Waals surface area contributed by atoms with E-state index in [1.165, 1.54) is 18.3 Å². The van der Waals surface area contributed by atoms with Crippen molar-refractivity contribution in [3.05, 3.63) is 48.5 Å². The number of amides is 3. The lowest BCUT2D eigenvalue weighted by Gasteiger charge is -2.18. The Balaban J connectivity index is 1.63. The molecule has 1 atom stereocenters. The molecule has 32 heavy (non-hydrogen) atoms. The van der Waals surface area contributed by atoms with Gasteiger partial charge in [0.05, 0.1) is 10.2 Å². The SMILES string of the molecule is CSCCC(NC(=O)COc1ccccc1)C(=O)Nc1ccc2nc(NC(C)=O)sc2c1. The second-order valence-electron chi connectivity index (χ2n) is 6.88. The van der Waals surface area contributed by atoms with Crippen LogP contribution >= 0.6 is 23.1 Å². The number of carbonyl (C=O) groups is 3. The van der Waals surface area contributed by atoms with Gasteiger partial charge in [-0.15, -0.1) is 0 Å². The average Bonchev–Trinajstić information content (AvgIpc) is 3.16. The predicted molar refractivity (Wildman–Crippen MR) is 129 cm³/mol. The summed E-state index contributed by atoms with van der Waals surface area (Å²) in [5, 5.41) is 8.78. The van der Waals surface area contributed by atoms with E-state index in [4.69, 9.17) is 4.74 Å². The van der Waals surface area contributed by atoms with Crippen LogP contribution < -0.4 is 20.7 Å². The van der Waals surface area contributed by atoms with E-state index in [1.807, 2.05) is 24.5 Å². The van der Waals surface area contributed by atoms with Crippen molar-refractivity contribution in [2.75, 3.05) is 29.2 Å². The van der Waals surface area contributed by atoms with E-state index in [-0.39, 0.29) is 24.3 Å². The Morgan fingerprint density at radius 2 is 1.91 bits per heavy atom. The van der Waals surface area contributed by atoms with Gasteiger partial charge in [0, 0.05) is 12.6 Å². The summed E-state index contributed by atoms with van der Waals surface area (Å²) in [6, 6.07) is 13.6. The van der Waals surface area contributed by atoms with Crippen LogP contribution in [0.25, 0.3) is 10.2 Å². The molecule has 3 amide bonds. The number of ether oxygens (including phenoxy) is 1. The molecule has 0 aliphatic carbocycles. The first-order chi connectivity index (χ1) is 15.4. The van der Waals surface area contributed by atoms with Gasteiger partial charge in [0.25, 0.3) is 5.91 Å². The van der Waals surface area contributed by atoms with Gasteiger partial charge in [-0.1, -0.05) is 29.5 Å². The molecule has 10 heteroatoms. The van der Waals surface area contributed by atoms with E-state index in [9.17, 15) is 14.4 Å². The summed E-state index contributed by atoms with van der Waals surface area (Å²) in [4.78, 5) is 40.8. The van der Waals surface area contributed by atoms with Crippen molar-refractivity contribution >= 4 is 61.9 Å². The van der Waals surface area contributed by atoms with Crippen LogP contribution in [-0.4, -0.2) is 47.4 Å². The molecule has 1 aromatic heterocycles. The molecule has 3 aromatic rings. The quantitative estimate of drug-likeness (QED) is 0.417. The number of nitrogens with zero attached hydrogens (tertiary/aromatic N) is 1. The molecule has 0 aliphatic rings. The number of hydrogen-bond acceptors (Lipinski definition) is 7. The number of aromatic nitrogens is 1. The lowest BCUT2D eigenvalue weighted by molar-refractivity contribution is -0.127. The number of hydrogen-bond donors (Lipinski definition) is 3. The number of carbonyl (C=O) groups excluding carboxylic acids is 3. The first kappa shape index (κ1) is 23.6. The minimum absolute atomic E-state index is 0.175. The lowest BCUT2D eigenvalue weighted by Crippen LogP contribution is -2.45. The Morgan fingerprint density at radius 1 is 1.12 bits per heavy atom. The van der Waals surface area contributed by atoms with Crippen molar-refractivity contribution in [1.82, 2.24) is 10.3 Å². The number of benzene rings is 2. The molecule has 0 saturated heterocycles. The zero-order chi connectivity index (χ0) is 22.9. The normalized spacial score (nSPS) is 11.6. The van der Waals surface area contributed by atoms with Crippen LogP contribution in [0.15, 0.2) is 48.5 Å². The highest BCUT2D eigenvalue weighted by Crippen LogP contribution is 2.28. The third-order valence-electron chi connectivity index (χ3n) is 4.31. The molecule has 2 aromatic carbocycles. The second kappa shape index (κ2) is 11.5. The van der Waals surface area contributed by atoms with E-state index in [0.717, 1.165) is 10.2 Å². The Morgan fingerprint density at radius 3 is 2.62 bits per heavy atom. The first-order valence-electron chi connectivity index (χ1n) is 9.90. The summed E-state index contributed by atoms with van der Waals surface area (Å²) < 4.78 is 6.29. The molecule has 3 rings (SSSR count). The molecule has 0 radical (unpaired) electrons. The fourth-order valence-corrected chi connectivity index (χ4v) is 4.26. The summed E-state index contributed by atoms with van der Waals surface area (Å²) in [6.07, 6.45) is 2.43. The van der Waals surface area contributed by atoms with Crippen LogP contribution in [0.4, 0.5) is 10.8 Å². The number of rotatable bonds is 10. The standard InChI is InChI=1S/C22H24N4O4S2/c1-14(27)23-22-26-17-9-8-15(12-19(17)32-22)24-21(29)18(10-11-31-2)25-20(28)13-30-16-6-4-3-5-7-16/h3-9,12,18H,10-11,13H2,1-2H3,(H,24,29)(H,25,28)(H,23,26,27). The van der Waals surface area contributed by atoms with Gasteiger partial charge in [-0.25, -0.2) is 4.98 Å². The summed E-state index contributed by atoms with van der Waals surface area (Å²) >= 11 is 2.92. The highest BCUT2D eigenvalue weighted by molar-refractivity contribution is 7.98. The zero-order valence-electron chi connectivity index (χ0n) is 17.7. The van der Waals surface area contributed by atoms with Crippen LogP contribution in [0.3, 0.4) is 0 Å². The van der Waals surface area contributed by atoms with Gasteiger partial charge in [0.1, 0.15) is 11.8 Å². The summed E-state index contributed by atoms with van der Waals surface area (Å²) in [6.45, 7) is 1.25. The van der Waals surface area contributed by atoms with Crippen molar-refractivity contribution in [3.63, 3.8) is 0 Å². The van der Waals surface area contributed by atoms with Crippen LogP contribution in [-0.2, 0) is 14.4 Å². The monoisotopic (exact) mass is 472 g/mol. The van der Waals surface area contributed by atoms with Gasteiger partial charge in [-0.05, 0) is 48.8 Å². The van der Waals surface area contributed by atoms with Gasteiger partial charge in [-0.3, -0.25) is 14.4 Å². The fourth-order valence-electron chi connectivity index (χ4n) is 2.84. The summed E-state index contributed by atoms with van der Waals surface area (Å²) in [5.74, 6) is 0.433. The Bertz CT molecular complexity index is 1090. The summed E-state index contributed by atoms with van der Waals surface area (Å²) in [7, 11) is 0. The van der Waals surface area contributed by atoms with Crippen molar-refractivity contribution in [1.29, 1.82) is 0 Å².